The molecular weight excluding hydrogens is 330 g/mol. The van der Waals surface area contributed by atoms with Gasteiger partial charge in [0.25, 0.3) is 5.91 Å². The second kappa shape index (κ2) is 6.48. The fourth-order valence-electron chi connectivity index (χ4n) is 2.11. The number of hydrogen-bond acceptors (Lipinski definition) is 4. The molecule has 1 amide bonds. The number of thiazole rings is 1. The van der Waals surface area contributed by atoms with Crippen molar-refractivity contribution in [1.82, 2.24) is 9.97 Å². The first-order valence-corrected chi connectivity index (χ1v) is 8.21. The van der Waals surface area contributed by atoms with Crippen molar-refractivity contribution >= 4 is 34.7 Å². The number of aryl methyl sites for hydroxylation is 2. The van der Waals surface area contributed by atoms with E-state index in [2.05, 4.69) is 15.3 Å². The number of carbonyl (C=O) groups is 1. The number of anilines is 1. The minimum absolute atomic E-state index is 0.196. The highest BCUT2D eigenvalue weighted by Crippen LogP contribution is 2.29. The Morgan fingerprint density at radius 1 is 1.09 bits per heavy atom. The Balaban J connectivity index is 1.85. The predicted octanol–water partition coefficient (Wildman–Crippen LogP) is 4.73. The highest BCUT2D eigenvalue weighted by Gasteiger charge is 2.16. The summed E-state index contributed by atoms with van der Waals surface area (Å²) in [4.78, 5) is 21.8. The number of rotatable bonds is 3. The molecule has 2 aromatic heterocycles. The standard InChI is InChI=1S/C17H14ClN3OS/c1-10-4-3-5-14(19-10)21-16(22)15-11(2)20-17(23-15)12-6-8-13(18)9-7-12/h3-9H,1-2H3,(H,19,21,22). The van der Waals surface area contributed by atoms with Gasteiger partial charge in [0.15, 0.2) is 0 Å². The molecule has 23 heavy (non-hydrogen) atoms. The lowest BCUT2D eigenvalue weighted by Gasteiger charge is -2.03. The van der Waals surface area contributed by atoms with Crippen molar-refractivity contribution in [3.05, 3.63) is 63.8 Å². The summed E-state index contributed by atoms with van der Waals surface area (Å²) < 4.78 is 0. The monoisotopic (exact) mass is 343 g/mol. The fourth-order valence-corrected chi connectivity index (χ4v) is 3.20. The van der Waals surface area contributed by atoms with Gasteiger partial charge in [0.05, 0.1) is 5.69 Å². The van der Waals surface area contributed by atoms with E-state index in [1.807, 2.05) is 50.2 Å². The van der Waals surface area contributed by atoms with Crippen LogP contribution in [0.3, 0.4) is 0 Å². The molecule has 2 heterocycles. The van der Waals surface area contributed by atoms with Crippen LogP contribution >= 0.6 is 22.9 Å². The van der Waals surface area contributed by atoms with Crippen LogP contribution in [0.1, 0.15) is 21.1 Å². The SMILES string of the molecule is Cc1cccc(NC(=O)c2sc(-c3ccc(Cl)cc3)nc2C)n1. The van der Waals surface area contributed by atoms with Crippen LogP contribution in [0.2, 0.25) is 5.02 Å². The van der Waals surface area contributed by atoms with Gasteiger partial charge >= 0.3 is 0 Å². The van der Waals surface area contributed by atoms with Crippen molar-refractivity contribution in [1.29, 1.82) is 0 Å². The van der Waals surface area contributed by atoms with E-state index in [4.69, 9.17) is 11.6 Å². The third-order valence-electron chi connectivity index (χ3n) is 3.22. The van der Waals surface area contributed by atoms with Gasteiger partial charge in [-0.05, 0) is 38.1 Å². The highest BCUT2D eigenvalue weighted by atomic mass is 35.5. The third-order valence-corrected chi connectivity index (χ3v) is 4.68. The summed E-state index contributed by atoms with van der Waals surface area (Å²) in [7, 11) is 0. The lowest BCUT2D eigenvalue weighted by molar-refractivity contribution is 0.102. The summed E-state index contributed by atoms with van der Waals surface area (Å²) in [6.07, 6.45) is 0. The van der Waals surface area contributed by atoms with Crippen LogP contribution in [0.4, 0.5) is 5.82 Å². The summed E-state index contributed by atoms with van der Waals surface area (Å²) in [5.74, 6) is 0.342. The number of aromatic nitrogens is 2. The second-order valence-corrected chi connectivity index (χ2v) is 6.49. The molecule has 0 atom stereocenters. The van der Waals surface area contributed by atoms with Gasteiger partial charge in [0.2, 0.25) is 0 Å². The Labute approximate surface area is 143 Å². The van der Waals surface area contributed by atoms with Crippen LogP contribution in [0.15, 0.2) is 42.5 Å². The molecule has 0 aliphatic heterocycles. The van der Waals surface area contributed by atoms with E-state index in [-0.39, 0.29) is 5.91 Å². The van der Waals surface area contributed by atoms with Crippen LogP contribution in [0.5, 0.6) is 0 Å². The summed E-state index contributed by atoms with van der Waals surface area (Å²) in [5, 5.41) is 4.28. The molecule has 6 heteroatoms. The van der Waals surface area contributed by atoms with E-state index in [1.165, 1.54) is 11.3 Å². The Bertz CT molecular complexity index is 859. The van der Waals surface area contributed by atoms with Crippen molar-refractivity contribution in [3.63, 3.8) is 0 Å². The Hall–Kier alpha value is -2.24. The molecule has 3 rings (SSSR count). The minimum Gasteiger partial charge on any atom is -0.306 e. The third kappa shape index (κ3) is 3.57. The van der Waals surface area contributed by atoms with E-state index >= 15 is 0 Å². The molecule has 0 aliphatic rings. The molecule has 0 fully saturated rings. The van der Waals surface area contributed by atoms with Gasteiger partial charge in [-0.15, -0.1) is 11.3 Å². The van der Waals surface area contributed by atoms with Gasteiger partial charge in [0, 0.05) is 16.3 Å². The van der Waals surface area contributed by atoms with E-state index in [1.54, 1.807) is 6.07 Å². The highest BCUT2D eigenvalue weighted by molar-refractivity contribution is 7.17. The Morgan fingerprint density at radius 2 is 1.83 bits per heavy atom. The molecule has 1 aromatic carbocycles. The van der Waals surface area contributed by atoms with E-state index in [9.17, 15) is 4.79 Å². The normalized spacial score (nSPS) is 10.6. The Morgan fingerprint density at radius 3 is 2.52 bits per heavy atom. The van der Waals surface area contributed by atoms with Crippen molar-refractivity contribution in [2.75, 3.05) is 5.32 Å². The van der Waals surface area contributed by atoms with Crippen LogP contribution < -0.4 is 5.32 Å². The number of hydrogen-bond donors (Lipinski definition) is 1. The van der Waals surface area contributed by atoms with Crippen molar-refractivity contribution in [3.8, 4) is 10.6 Å². The molecule has 3 aromatic rings. The average Bonchev–Trinajstić information content (AvgIpc) is 2.90. The molecular formula is C17H14ClN3OS. The zero-order valence-electron chi connectivity index (χ0n) is 12.6. The molecule has 0 bridgehead atoms. The maximum Gasteiger partial charge on any atom is 0.268 e. The quantitative estimate of drug-likeness (QED) is 0.748. The molecule has 0 saturated carbocycles. The number of halogens is 1. The molecule has 1 N–H and O–H groups in total. The number of nitrogens with zero attached hydrogens (tertiary/aromatic N) is 2. The summed E-state index contributed by atoms with van der Waals surface area (Å²) in [6, 6.07) is 12.9. The number of carbonyl (C=O) groups excluding carboxylic acids is 1. The average molecular weight is 344 g/mol. The van der Waals surface area contributed by atoms with Crippen LogP contribution in [0, 0.1) is 13.8 Å². The van der Waals surface area contributed by atoms with Gasteiger partial charge in [-0.25, -0.2) is 9.97 Å². The van der Waals surface area contributed by atoms with Crippen molar-refractivity contribution in [2.24, 2.45) is 0 Å². The largest absolute Gasteiger partial charge is 0.306 e. The first-order chi connectivity index (χ1) is 11.0. The molecule has 0 radical (unpaired) electrons. The first-order valence-electron chi connectivity index (χ1n) is 7.01. The lowest BCUT2D eigenvalue weighted by atomic mass is 10.2. The first kappa shape index (κ1) is 15.6. The van der Waals surface area contributed by atoms with Crippen molar-refractivity contribution < 1.29 is 4.79 Å². The van der Waals surface area contributed by atoms with Crippen LogP contribution in [-0.4, -0.2) is 15.9 Å². The topological polar surface area (TPSA) is 54.9 Å². The fraction of sp³-hybridized carbons (Fsp3) is 0.118. The zero-order valence-corrected chi connectivity index (χ0v) is 14.2. The van der Waals surface area contributed by atoms with Gasteiger partial charge in [-0.3, -0.25) is 4.79 Å². The minimum atomic E-state index is -0.196. The number of pyridine rings is 1. The lowest BCUT2D eigenvalue weighted by Crippen LogP contribution is -2.12. The van der Waals surface area contributed by atoms with Crippen LogP contribution in [0.25, 0.3) is 10.6 Å². The number of amides is 1. The maximum absolute atomic E-state index is 12.4. The van der Waals surface area contributed by atoms with E-state index in [0.29, 0.717) is 21.4 Å². The van der Waals surface area contributed by atoms with Crippen molar-refractivity contribution in [2.45, 2.75) is 13.8 Å². The molecule has 0 spiro atoms. The zero-order chi connectivity index (χ0) is 16.4. The second-order valence-electron chi connectivity index (χ2n) is 5.06. The van der Waals surface area contributed by atoms with E-state index < -0.39 is 0 Å². The molecule has 0 saturated heterocycles. The predicted molar refractivity (Wildman–Crippen MR) is 94.2 cm³/mol. The van der Waals surface area contributed by atoms with E-state index in [0.717, 1.165) is 16.3 Å². The maximum atomic E-state index is 12.4. The molecule has 4 nitrogen and oxygen atoms in total. The molecule has 0 aliphatic carbocycles. The van der Waals surface area contributed by atoms with Gasteiger partial charge in [-0.2, -0.15) is 0 Å². The smallest absolute Gasteiger partial charge is 0.268 e. The Kier molecular flexibility index (Phi) is 4.41. The number of benzene rings is 1. The number of nitrogens with one attached hydrogen (secondary N) is 1. The molecule has 116 valence electrons. The summed E-state index contributed by atoms with van der Waals surface area (Å²) >= 11 is 7.26. The van der Waals surface area contributed by atoms with Gasteiger partial charge in [-0.1, -0.05) is 29.8 Å². The summed E-state index contributed by atoms with van der Waals surface area (Å²) in [6.45, 7) is 3.71. The van der Waals surface area contributed by atoms with Gasteiger partial charge < -0.3 is 5.32 Å². The van der Waals surface area contributed by atoms with Gasteiger partial charge in [0.1, 0.15) is 15.7 Å². The van der Waals surface area contributed by atoms with Crippen LogP contribution in [-0.2, 0) is 0 Å². The molecule has 0 unspecified atom stereocenters. The summed E-state index contributed by atoms with van der Waals surface area (Å²) in [5.41, 5.74) is 2.49.